The first-order valence-corrected chi connectivity index (χ1v) is 9.25. The maximum Gasteiger partial charge on any atom is 0.191 e. The maximum atomic E-state index is 5.19. The fraction of sp³-hybridized carbons (Fsp3) is 0.650. The van der Waals surface area contributed by atoms with Crippen LogP contribution in [0.2, 0.25) is 0 Å². The van der Waals surface area contributed by atoms with Crippen LogP contribution in [0.5, 0.6) is 0 Å². The second kappa shape index (κ2) is 11.9. The third-order valence-corrected chi connectivity index (χ3v) is 4.20. The van der Waals surface area contributed by atoms with Gasteiger partial charge in [0, 0.05) is 45.9 Å². The van der Waals surface area contributed by atoms with Gasteiger partial charge in [-0.1, -0.05) is 24.3 Å². The summed E-state index contributed by atoms with van der Waals surface area (Å²) < 4.78 is 5.19. The van der Waals surface area contributed by atoms with Gasteiger partial charge in [0.05, 0.1) is 6.61 Å². The molecule has 0 radical (unpaired) electrons. The number of guanidine groups is 1. The van der Waals surface area contributed by atoms with Gasteiger partial charge in [0.15, 0.2) is 5.96 Å². The van der Waals surface area contributed by atoms with Crippen molar-refractivity contribution in [1.82, 2.24) is 15.5 Å². The minimum absolute atomic E-state index is 0.580. The largest absolute Gasteiger partial charge is 0.380 e. The molecule has 0 saturated carbocycles. The topological polar surface area (TPSA) is 48.9 Å². The smallest absolute Gasteiger partial charge is 0.191 e. The van der Waals surface area contributed by atoms with Crippen molar-refractivity contribution in [3.63, 3.8) is 0 Å². The van der Waals surface area contributed by atoms with Crippen LogP contribution >= 0.6 is 0 Å². The first-order chi connectivity index (χ1) is 12.0. The molecular weight excluding hydrogens is 312 g/mol. The molecule has 142 valence electrons. The van der Waals surface area contributed by atoms with Gasteiger partial charge in [0.2, 0.25) is 0 Å². The van der Waals surface area contributed by atoms with Crippen molar-refractivity contribution in [2.75, 3.05) is 27.2 Å². The Morgan fingerprint density at radius 3 is 2.40 bits per heavy atom. The summed E-state index contributed by atoms with van der Waals surface area (Å²) >= 11 is 0. The lowest BCUT2D eigenvalue weighted by Gasteiger charge is -2.30. The highest BCUT2D eigenvalue weighted by molar-refractivity contribution is 5.79. The minimum Gasteiger partial charge on any atom is -0.380 e. The molecule has 1 aromatic rings. The second-order valence-electron chi connectivity index (χ2n) is 6.88. The number of nitrogens with one attached hydrogen (secondary N) is 2. The highest BCUT2D eigenvalue weighted by Crippen LogP contribution is 2.06. The van der Waals surface area contributed by atoms with Crippen molar-refractivity contribution in [2.45, 2.75) is 59.4 Å². The van der Waals surface area contributed by atoms with Gasteiger partial charge in [-0.3, -0.25) is 9.89 Å². The Bertz CT molecular complexity index is 506. The molecule has 0 aromatic heterocycles. The van der Waals surface area contributed by atoms with E-state index in [1.54, 1.807) is 7.11 Å². The van der Waals surface area contributed by atoms with Crippen LogP contribution in [0.25, 0.3) is 0 Å². The van der Waals surface area contributed by atoms with E-state index in [1.165, 1.54) is 11.1 Å². The van der Waals surface area contributed by atoms with Crippen LogP contribution in [-0.4, -0.2) is 50.2 Å². The van der Waals surface area contributed by atoms with Crippen molar-refractivity contribution in [2.24, 2.45) is 4.99 Å². The Balaban J connectivity index is 2.36. The summed E-state index contributed by atoms with van der Waals surface area (Å²) in [5.41, 5.74) is 2.41. The average Bonchev–Trinajstić information content (AvgIpc) is 2.57. The van der Waals surface area contributed by atoms with Gasteiger partial charge in [0.25, 0.3) is 0 Å². The van der Waals surface area contributed by atoms with Crippen molar-refractivity contribution in [3.8, 4) is 0 Å². The van der Waals surface area contributed by atoms with E-state index in [1.807, 2.05) is 7.05 Å². The van der Waals surface area contributed by atoms with E-state index in [0.29, 0.717) is 18.7 Å². The number of nitrogens with zero attached hydrogens (tertiary/aromatic N) is 2. The summed E-state index contributed by atoms with van der Waals surface area (Å²) in [7, 11) is 3.53. The van der Waals surface area contributed by atoms with E-state index in [4.69, 9.17) is 4.74 Å². The molecular formula is C20H36N4O. The monoisotopic (exact) mass is 348 g/mol. The fourth-order valence-corrected chi connectivity index (χ4v) is 2.98. The van der Waals surface area contributed by atoms with Crippen LogP contribution in [0.15, 0.2) is 29.3 Å². The lowest BCUT2D eigenvalue weighted by atomic mass is 10.1. The van der Waals surface area contributed by atoms with Crippen LogP contribution in [0.3, 0.4) is 0 Å². The lowest BCUT2D eigenvalue weighted by Crippen LogP contribution is -2.41. The zero-order valence-corrected chi connectivity index (χ0v) is 16.8. The van der Waals surface area contributed by atoms with Crippen LogP contribution in [0, 0.1) is 0 Å². The summed E-state index contributed by atoms with van der Waals surface area (Å²) in [6.45, 7) is 12.4. The molecule has 0 atom stereocenters. The van der Waals surface area contributed by atoms with Gasteiger partial charge in [-0.05, 0) is 45.2 Å². The van der Waals surface area contributed by atoms with Crippen LogP contribution in [-0.2, 0) is 17.9 Å². The zero-order chi connectivity index (χ0) is 18.7. The van der Waals surface area contributed by atoms with Gasteiger partial charge in [-0.2, -0.15) is 0 Å². The molecule has 0 bridgehead atoms. The molecule has 0 heterocycles. The minimum atomic E-state index is 0.580. The van der Waals surface area contributed by atoms with Gasteiger partial charge in [0.1, 0.15) is 0 Å². The number of rotatable bonds is 10. The number of aliphatic imine (C=N–C) groups is 1. The molecule has 1 aromatic carbocycles. The van der Waals surface area contributed by atoms with Crippen molar-refractivity contribution >= 4 is 5.96 Å². The highest BCUT2D eigenvalue weighted by atomic mass is 16.5. The molecule has 25 heavy (non-hydrogen) atoms. The van der Waals surface area contributed by atoms with Gasteiger partial charge < -0.3 is 15.4 Å². The fourth-order valence-electron chi connectivity index (χ4n) is 2.98. The molecule has 2 N–H and O–H groups in total. The number of methoxy groups -OCH3 is 1. The van der Waals surface area contributed by atoms with E-state index < -0.39 is 0 Å². The normalized spacial score (nSPS) is 12.3. The number of benzene rings is 1. The van der Waals surface area contributed by atoms with Gasteiger partial charge in [-0.25, -0.2) is 0 Å². The number of hydrogen-bond acceptors (Lipinski definition) is 3. The van der Waals surface area contributed by atoms with Crippen LogP contribution in [0.4, 0.5) is 0 Å². The van der Waals surface area contributed by atoms with Crippen molar-refractivity contribution in [1.29, 1.82) is 0 Å². The predicted octanol–water partition coefficient (Wildman–Crippen LogP) is 3.01. The summed E-state index contributed by atoms with van der Waals surface area (Å²) in [5.74, 6) is 0.845. The molecule has 0 unspecified atom stereocenters. The van der Waals surface area contributed by atoms with Crippen LogP contribution < -0.4 is 10.6 Å². The van der Waals surface area contributed by atoms with E-state index >= 15 is 0 Å². The summed E-state index contributed by atoms with van der Waals surface area (Å²) in [6, 6.07) is 9.58. The molecule has 0 amide bonds. The molecule has 1 rings (SSSR count). The molecule has 0 aliphatic rings. The SMILES string of the molecule is CN=C(NCCCN(C(C)C)C(C)C)NCc1cccc(COC)c1. The summed E-state index contributed by atoms with van der Waals surface area (Å²) in [5, 5.41) is 6.77. The molecule has 0 aliphatic heterocycles. The van der Waals surface area contributed by atoms with E-state index in [0.717, 1.165) is 32.0 Å². The third-order valence-electron chi connectivity index (χ3n) is 4.20. The first-order valence-electron chi connectivity index (χ1n) is 9.25. The lowest BCUT2D eigenvalue weighted by molar-refractivity contribution is 0.173. The average molecular weight is 349 g/mol. The Hall–Kier alpha value is -1.59. The van der Waals surface area contributed by atoms with E-state index in [9.17, 15) is 0 Å². The Morgan fingerprint density at radius 1 is 1.12 bits per heavy atom. The maximum absolute atomic E-state index is 5.19. The Kier molecular flexibility index (Phi) is 10.2. The summed E-state index contributed by atoms with van der Waals surface area (Å²) in [4.78, 5) is 6.82. The van der Waals surface area contributed by atoms with E-state index in [2.05, 4.69) is 72.5 Å². The zero-order valence-electron chi connectivity index (χ0n) is 16.8. The third kappa shape index (κ3) is 8.36. The van der Waals surface area contributed by atoms with Crippen LogP contribution in [0.1, 0.15) is 45.2 Å². The van der Waals surface area contributed by atoms with E-state index in [-0.39, 0.29) is 0 Å². The Morgan fingerprint density at radius 2 is 1.80 bits per heavy atom. The standard InChI is InChI=1S/C20H36N4O/c1-16(2)24(17(3)4)12-8-11-22-20(21-5)23-14-18-9-7-10-19(13-18)15-25-6/h7,9-10,13,16-17H,8,11-12,14-15H2,1-6H3,(H2,21,22,23). The molecule has 0 fully saturated rings. The molecule has 5 heteroatoms. The van der Waals surface area contributed by atoms with Gasteiger partial charge in [-0.15, -0.1) is 0 Å². The van der Waals surface area contributed by atoms with Crippen molar-refractivity contribution < 1.29 is 4.74 Å². The molecule has 0 saturated heterocycles. The number of ether oxygens (including phenoxy) is 1. The molecule has 5 nitrogen and oxygen atoms in total. The van der Waals surface area contributed by atoms with Crippen molar-refractivity contribution in [3.05, 3.63) is 35.4 Å². The predicted molar refractivity (Wildman–Crippen MR) is 107 cm³/mol. The number of hydrogen-bond donors (Lipinski definition) is 2. The highest BCUT2D eigenvalue weighted by Gasteiger charge is 2.12. The quantitative estimate of drug-likeness (QED) is 0.388. The molecule has 0 spiro atoms. The first kappa shape index (κ1) is 21.5. The second-order valence-corrected chi connectivity index (χ2v) is 6.88. The Labute approximate surface area is 153 Å². The summed E-state index contributed by atoms with van der Waals surface area (Å²) in [6.07, 6.45) is 1.10. The molecule has 0 aliphatic carbocycles. The van der Waals surface area contributed by atoms with Gasteiger partial charge >= 0.3 is 0 Å².